The lowest BCUT2D eigenvalue weighted by atomic mass is 10.0. The smallest absolute Gasteiger partial charge is 0.260 e. The van der Waals surface area contributed by atoms with Crippen molar-refractivity contribution >= 4 is 11.8 Å². The van der Waals surface area contributed by atoms with Crippen LogP contribution in [0.1, 0.15) is 26.2 Å². The van der Waals surface area contributed by atoms with Crippen molar-refractivity contribution in [1.82, 2.24) is 14.7 Å². The van der Waals surface area contributed by atoms with Gasteiger partial charge in [-0.1, -0.05) is 0 Å². The number of carbonyl (C=O) groups excluding carboxylic acids is 2. The number of rotatable bonds is 6. The van der Waals surface area contributed by atoms with Crippen LogP contribution in [0, 0.1) is 0 Å². The summed E-state index contributed by atoms with van der Waals surface area (Å²) in [5.41, 5.74) is 0. The van der Waals surface area contributed by atoms with E-state index >= 15 is 0 Å². The summed E-state index contributed by atoms with van der Waals surface area (Å²) in [6.45, 7) is 6.20. The molecule has 2 amide bonds. The zero-order chi connectivity index (χ0) is 19.9. The highest BCUT2D eigenvalue weighted by Gasteiger charge is 2.27. The zero-order valence-electron chi connectivity index (χ0n) is 16.9. The van der Waals surface area contributed by atoms with Crippen LogP contribution in [0.15, 0.2) is 24.3 Å². The van der Waals surface area contributed by atoms with Gasteiger partial charge < -0.3 is 19.3 Å². The Labute approximate surface area is 167 Å². The van der Waals surface area contributed by atoms with Gasteiger partial charge in [-0.05, 0) is 50.5 Å². The third kappa shape index (κ3) is 5.38. The summed E-state index contributed by atoms with van der Waals surface area (Å²) < 4.78 is 10.7. The standard InChI is InChI=1S/C21H31N3O4/c1-17-5-3-4-10-24(17)20(25)15-22-11-13-23(14-12-22)21(26)16-28-19-8-6-18(27-2)7-9-19/h6-9,17H,3-5,10-16H2,1-2H3. The molecule has 2 heterocycles. The van der Waals surface area contributed by atoms with Gasteiger partial charge in [-0.25, -0.2) is 0 Å². The molecule has 0 saturated carbocycles. The molecule has 0 aliphatic carbocycles. The maximum atomic E-state index is 12.6. The molecule has 0 aromatic heterocycles. The number of nitrogens with zero attached hydrogens (tertiary/aromatic N) is 3. The molecule has 3 rings (SSSR count). The minimum atomic E-state index is -0.0218. The van der Waals surface area contributed by atoms with E-state index in [9.17, 15) is 9.59 Å². The van der Waals surface area contributed by atoms with Gasteiger partial charge in [-0.2, -0.15) is 0 Å². The van der Waals surface area contributed by atoms with Crippen LogP contribution in [0.2, 0.25) is 0 Å². The lowest BCUT2D eigenvalue weighted by Gasteiger charge is -2.38. The largest absolute Gasteiger partial charge is 0.497 e. The van der Waals surface area contributed by atoms with Gasteiger partial charge in [0.1, 0.15) is 11.5 Å². The summed E-state index contributed by atoms with van der Waals surface area (Å²) in [5.74, 6) is 1.60. The minimum Gasteiger partial charge on any atom is -0.497 e. The van der Waals surface area contributed by atoms with Crippen molar-refractivity contribution in [3.63, 3.8) is 0 Å². The summed E-state index contributed by atoms with van der Waals surface area (Å²) in [4.78, 5) is 30.9. The van der Waals surface area contributed by atoms with Crippen LogP contribution >= 0.6 is 0 Å². The van der Waals surface area contributed by atoms with Crippen molar-refractivity contribution in [3.05, 3.63) is 24.3 Å². The highest BCUT2D eigenvalue weighted by molar-refractivity contribution is 5.79. The van der Waals surface area contributed by atoms with E-state index in [2.05, 4.69) is 11.8 Å². The Morgan fingerprint density at radius 1 is 0.964 bits per heavy atom. The highest BCUT2D eigenvalue weighted by atomic mass is 16.5. The molecule has 2 fully saturated rings. The van der Waals surface area contributed by atoms with Gasteiger partial charge >= 0.3 is 0 Å². The Morgan fingerprint density at radius 3 is 2.29 bits per heavy atom. The Kier molecular flexibility index (Phi) is 7.14. The Morgan fingerprint density at radius 2 is 1.64 bits per heavy atom. The number of ether oxygens (including phenoxy) is 2. The number of likely N-dealkylation sites (tertiary alicyclic amines) is 1. The number of amides is 2. The molecule has 1 unspecified atom stereocenters. The minimum absolute atomic E-state index is 0.0218. The van der Waals surface area contributed by atoms with Gasteiger partial charge in [0.05, 0.1) is 13.7 Å². The monoisotopic (exact) mass is 389 g/mol. The van der Waals surface area contributed by atoms with E-state index in [0.29, 0.717) is 31.4 Å². The maximum absolute atomic E-state index is 12.6. The van der Waals surface area contributed by atoms with Crippen LogP contribution in [-0.2, 0) is 9.59 Å². The maximum Gasteiger partial charge on any atom is 0.260 e. The molecule has 28 heavy (non-hydrogen) atoms. The van der Waals surface area contributed by atoms with E-state index in [1.807, 2.05) is 9.80 Å². The fraction of sp³-hybridized carbons (Fsp3) is 0.619. The van der Waals surface area contributed by atoms with Crippen LogP contribution in [0.25, 0.3) is 0 Å². The number of methoxy groups -OCH3 is 1. The van der Waals surface area contributed by atoms with E-state index in [-0.39, 0.29) is 18.4 Å². The van der Waals surface area contributed by atoms with Gasteiger partial charge in [0.25, 0.3) is 5.91 Å². The Hall–Kier alpha value is -2.28. The first-order chi connectivity index (χ1) is 13.6. The SMILES string of the molecule is COc1ccc(OCC(=O)N2CCN(CC(=O)N3CCCCC3C)CC2)cc1. The zero-order valence-corrected chi connectivity index (χ0v) is 16.9. The van der Waals surface area contributed by atoms with Gasteiger partial charge in [-0.15, -0.1) is 0 Å². The normalized spacial score (nSPS) is 20.7. The second-order valence-corrected chi connectivity index (χ2v) is 7.55. The van der Waals surface area contributed by atoms with Crippen LogP contribution in [0.5, 0.6) is 11.5 Å². The van der Waals surface area contributed by atoms with Crippen molar-refractivity contribution in [2.75, 3.05) is 53.0 Å². The average molecular weight is 389 g/mol. The summed E-state index contributed by atoms with van der Waals surface area (Å²) >= 11 is 0. The molecule has 0 N–H and O–H groups in total. The molecule has 1 atom stereocenters. The first-order valence-electron chi connectivity index (χ1n) is 10.1. The van der Waals surface area contributed by atoms with Crippen molar-refractivity contribution in [3.8, 4) is 11.5 Å². The van der Waals surface area contributed by atoms with Crippen LogP contribution in [0.4, 0.5) is 0 Å². The quantitative estimate of drug-likeness (QED) is 0.740. The average Bonchev–Trinajstić information content (AvgIpc) is 2.73. The molecular formula is C21H31N3O4. The molecule has 7 nitrogen and oxygen atoms in total. The molecule has 0 spiro atoms. The van der Waals surface area contributed by atoms with Crippen molar-refractivity contribution in [1.29, 1.82) is 0 Å². The lowest BCUT2D eigenvalue weighted by Crippen LogP contribution is -2.53. The second-order valence-electron chi connectivity index (χ2n) is 7.55. The third-order valence-electron chi connectivity index (χ3n) is 5.63. The molecule has 2 aliphatic rings. The fourth-order valence-electron chi connectivity index (χ4n) is 3.81. The van der Waals surface area contributed by atoms with Gasteiger partial charge in [-0.3, -0.25) is 14.5 Å². The van der Waals surface area contributed by atoms with E-state index < -0.39 is 0 Å². The number of piperidine rings is 1. The van der Waals surface area contributed by atoms with Crippen LogP contribution in [0.3, 0.4) is 0 Å². The van der Waals surface area contributed by atoms with Crippen molar-refractivity contribution in [2.24, 2.45) is 0 Å². The molecule has 0 bridgehead atoms. The van der Waals surface area contributed by atoms with Crippen molar-refractivity contribution in [2.45, 2.75) is 32.2 Å². The molecule has 2 aliphatic heterocycles. The van der Waals surface area contributed by atoms with Crippen molar-refractivity contribution < 1.29 is 19.1 Å². The van der Waals surface area contributed by atoms with Crippen LogP contribution < -0.4 is 9.47 Å². The van der Waals surface area contributed by atoms with E-state index in [1.54, 1.807) is 31.4 Å². The van der Waals surface area contributed by atoms with Gasteiger partial charge in [0, 0.05) is 38.8 Å². The topological polar surface area (TPSA) is 62.3 Å². The van der Waals surface area contributed by atoms with Crippen LogP contribution in [-0.4, -0.2) is 85.5 Å². The summed E-state index contributed by atoms with van der Waals surface area (Å²) in [6.07, 6.45) is 3.42. The predicted molar refractivity (Wildman–Crippen MR) is 107 cm³/mol. The second kappa shape index (κ2) is 9.78. The molecule has 7 heteroatoms. The number of hydrogen-bond donors (Lipinski definition) is 0. The Bertz CT molecular complexity index is 656. The number of hydrogen-bond acceptors (Lipinski definition) is 5. The highest BCUT2D eigenvalue weighted by Crippen LogP contribution is 2.18. The number of benzene rings is 1. The van der Waals surface area contributed by atoms with E-state index in [0.717, 1.165) is 38.2 Å². The number of piperazine rings is 1. The molecule has 1 aromatic carbocycles. The third-order valence-corrected chi connectivity index (χ3v) is 5.63. The van der Waals surface area contributed by atoms with Gasteiger partial charge in [0.15, 0.2) is 6.61 Å². The molecule has 154 valence electrons. The lowest BCUT2D eigenvalue weighted by molar-refractivity contribution is -0.138. The molecule has 1 aromatic rings. The summed E-state index contributed by atoms with van der Waals surface area (Å²) in [5, 5.41) is 0. The predicted octanol–water partition coefficient (Wildman–Crippen LogP) is 1.62. The molecular weight excluding hydrogens is 358 g/mol. The number of carbonyl (C=O) groups is 2. The summed E-state index contributed by atoms with van der Waals surface area (Å²) in [7, 11) is 1.61. The van der Waals surface area contributed by atoms with E-state index in [4.69, 9.17) is 9.47 Å². The molecule has 2 saturated heterocycles. The summed E-state index contributed by atoms with van der Waals surface area (Å²) in [6, 6.07) is 7.53. The van der Waals surface area contributed by atoms with E-state index in [1.165, 1.54) is 6.42 Å². The molecule has 0 radical (unpaired) electrons. The first-order valence-corrected chi connectivity index (χ1v) is 10.1. The van der Waals surface area contributed by atoms with Gasteiger partial charge in [0.2, 0.25) is 5.91 Å². The Balaban J connectivity index is 1.39. The fourth-order valence-corrected chi connectivity index (χ4v) is 3.81. The first kappa shape index (κ1) is 20.5.